The number of carbonyl (C=O) groups is 1. The van der Waals surface area contributed by atoms with Gasteiger partial charge >= 0.3 is 0 Å². The molecule has 0 aliphatic carbocycles. The van der Waals surface area contributed by atoms with E-state index in [1.165, 1.54) is 0 Å². The maximum absolute atomic E-state index is 11.3. The molecule has 0 radical (unpaired) electrons. The lowest BCUT2D eigenvalue weighted by molar-refractivity contribution is -0.115. The number of amides is 1. The molecule has 1 aromatic carbocycles. The molecule has 1 rings (SSSR count). The van der Waals surface area contributed by atoms with Gasteiger partial charge in [0, 0.05) is 12.1 Å². The topological polar surface area (TPSA) is 38.3 Å². The molecule has 82 valence electrons. The highest BCUT2D eigenvalue weighted by Crippen LogP contribution is 2.27. The first-order chi connectivity index (χ1) is 7.10. The summed E-state index contributed by atoms with van der Waals surface area (Å²) < 4.78 is 5.20. The van der Waals surface area contributed by atoms with Gasteiger partial charge < -0.3 is 10.1 Å². The van der Waals surface area contributed by atoms with E-state index in [9.17, 15) is 4.79 Å². The predicted octanol–water partition coefficient (Wildman–Crippen LogP) is 2.66. The highest BCUT2D eigenvalue weighted by molar-refractivity contribution is 5.91. The van der Waals surface area contributed by atoms with Crippen molar-refractivity contribution in [2.24, 2.45) is 0 Å². The number of ether oxygens (including phenoxy) is 1. The minimum absolute atomic E-state index is 0.0302. The monoisotopic (exact) mass is 207 g/mol. The van der Waals surface area contributed by atoms with Crippen LogP contribution in [0.3, 0.4) is 0 Å². The van der Waals surface area contributed by atoms with E-state index >= 15 is 0 Å². The van der Waals surface area contributed by atoms with Crippen molar-refractivity contribution < 1.29 is 9.53 Å². The Balaban J connectivity index is 3.01. The Kier molecular flexibility index (Phi) is 3.72. The van der Waals surface area contributed by atoms with E-state index in [1.54, 1.807) is 7.11 Å². The summed E-state index contributed by atoms with van der Waals surface area (Å²) in [5.41, 5.74) is 2.97. The second-order valence-electron chi connectivity index (χ2n) is 3.47. The number of rotatable bonds is 3. The van der Waals surface area contributed by atoms with Crippen molar-refractivity contribution in [3.63, 3.8) is 0 Å². The molecule has 1 N–H and O–H groups in total. The SMILES string of the molecule is CCC(=O)Nc1ccc(OC)c(C)c1C. The zero-order valence-electron chi connectivity index (χ0n) is 9.68. The van der Waals surface area contributed by atoms with E-state index in [0.29, 0.717) is 6.42 Å². The van der Waals surface area contributed by atoms with Crippen molar-refractivity contribution in [3.8, 4) is 5.75 Å². The van der Waals surface area contributed by atoms with Gasteiger partial charge in [-0.15, -0.1) is 0 Å². The van der Waals surface area contributed by atoms with Gasteiger partial charge in [-0.3, -0.25) is 4.79 Å². The minimum atomic E-state index is 0.0302. The van der Waals surface area contributed by atoms with Gasteiger partial charge in [-0.25, -0.2) is 0 Å². The summed E-state index contributed by atoms with van der Waals surface area (Å²) in [6.45, 7) is 5.79. The largest absolute Gasteiger partial charge is 0.496 e. The molecular weight excluding hydrogens is 190 g/mol. The van der Waals surface area contributed by atoms with Gasteiger partial charge in [0.2, 0.25) is 5.91 Å². The second kappa shape index (κ2) is 4.82. The lowest BCUT2D eigenvalue weighted by atomic mass is 10.1. The zero-order chi connectivity index (χ0) is 11.4. The molecule has 1 amide bonds. The van der Waals surface area contributed by atoms with E-state index in [1.807, 2.05) is 32.9 Å². The van der Waals surface area contributed by atoms with Crippen LogP contribution in [0, 0.1) is 13.8 Å². The molecule has 0 atom stereocenters. The molecule has 0 heterocycles. The van der Waals surface area contributed by atoms with Crippen LogP contribution in [0.15, 0.2) is 12.1 Å². The van der Waals surface area contributed by atoms with Crippen molar-refractivity contribution in [3.05, 3.63) is 23.3 Å². The second-order valence-corrected chi connectivity index (χ2v) is 3.47. The van der Waals surface area contributed by atoms with Crippen LogP contribution in [0.4, 0.5) is 5.69 Å². The molecule has 15 heavy (non-hydrogen) atoms. The maximum Gasteiger partial charge on any atom is 0.224 e. The first-order valence-corrected chi connectivity index (χ1v) is 5.04. The van der Waals surface area contributed by atoms with Crippen LogP contribution < -0.4 is 10.1 Å². The first-order valence-electron chi connectivity index (χ1n) is 5.04. The van der Waals surface area contributed by atoms with Crippen LogP contribution in [-0.4, -0.2) is 13.0 Å². The molecule has 0 aromatic heterocycles. The predicted molar refractivity (Wildman–Crippen MR) is 61.4 cm³/mol. The fraction of sp³-hybridized carbons (Fsp3) is 0.417. The quantitative estimate of drug-likeness (QED) is 0.827. The van der Waals surface area contributed by atoms with Crippen molar-refractivity contribution in [2.75, 3.05) is 12.4 Å². The molecule has 0 spiro atoms. The van der Waals surface area contributed by atoms with Crippen LogP contribution in [0.25, 0.3) is 0 Å². The Hall–Kier alpha value is -1.51. The molecule has 0 aliphatic heterocycles. The van der Waals surface area contributed by atoms with Gasteiger partial charge in [-0.2, -0.15) is 0 Å². The van der Waals surface area contributed by atoms with Crippen LogP contribution >= 0.6 is 0 Å². The van der Waals surface area contributed by atoms with E-state index in [4.69, 9.17) is 4.74 Å². The van der Waals surface area contributed by atoms with Gasteiger partial charge in [0.05, 0.1) is 7.11 Å². The van der Waals surface area contributed by atoms with Crippen molar-refractivity contribution in [2.45, 2.75) is 27.2 Å². The summed E-state index contributed by atoms with van der Waals surface area (Å²) in [5.74, 6) is 0.879. The Morgan fingerprint density at radius 3 is 2.53 bits per heavy atom. The molecule has 0 saturated heterocycles. The smallest absolute Gasteiger partial charge is 0.224 e. The van der Waals surface area contributed by atoms with Crippen LogP contribution in [-0.2, 0) is 4.79 Å². The molecule has 0 bridgehead atoms. The highest BCUT2D eigenvalue weighted by Gasteiger charge is 2.07. The fourth-order valence-electron chi connectivity index (χ4n) is 1.39. The number of nitrogens with one attached hydrogen (secondary N) is 1. The summed E-state index contributed by atoms with van der Waals surface area (Å²) in [7, 11) is 1.64. The highest BCUT2D eigenvalue weighted by atomic mass is 16.5. The van der Waals surface area contributed by atoms with Crippen LogP contribution in [0.5, 0.6) is 5.75 Å². The van der Waals surface area contributed by atoms with Gasteiger partial charge in [0.1, 0.15) is 5.75 Å². The number of anilines is 1. The Bertz CT molecular complexity index is 372. The standard InChI is InChI=1S/C12H17NO2/c1-5-12(14)13-10-6-7-11(15-4)9(3)8(10)2/h6-7H,5H2,1-4H3,(H,13,14). The lowest BCUT2D eigenvalue weighted by Gasteiger charge is -2.12. The zero-order valence-corrected chi connectivity index (χ0v) is 9.68. The average Bonchev–Trinajstić information content (AvgIpc) is 2.25. The van der Waals surface area contributed by atoms with Gasteiger partial charge in [-0.1, -0.05) is 6.92 Å². The number of hydrogen-bond acceptors (Lipinski definition) is 2. The summed E-state index contributed by atoms with van der Waals surface area (Å²) in [6, 6.07) is 3.74. The van der Waals surface area contributed by atoms with E-state index in [-0.39, 0.29) is 5.91 Å². The molecule has 0 fully saturated rings. The van der Waals surface area contributed by atoms with E-state index in [0.717, 1.165) is 22.6 Å². The van der Waals surface area contributed by atoms with Gasteiger partial charge in [0.25, 0.3) is 0 Å². The molecule has 3 heteroatoms. The van der Waals surface area contributed by atoms with Crippen LogP contribution in [0.1, 0.15) is 24.5 Å². The van der Waals surface area contributed by atoms with Gasteiger partial charge in [-0.05, 0) is 37.1 Å². The lowest BCUT2D eigenvalue weighted by Crippen LogP contribution is -2.11. The Morgan fingerprint density at radius 2 is 2.00 bits per heavy atom. The Morgan fingerprint density at radius 1 is 1.33 bits per heavy atom. The number of hydrogen-bond donors (Lipinski definition) is 1. The third-order valence-corrected chi connectivity index (χ3v) is 2.55. The maximum atomic E-state index is 11.3. The van der Waals surface area contributed by atoms with Crippen LogP contribution in [0.2, 0.25) is 0 Å². The van der Waals surface area contributed by atoms with Gasteiger partial charge in [0.15, 0.2) is 0 Å². The normalized spacial score (nSPS) is 9.87. The fourth-order valence-corrected chi connectivity index (χ4v) is 1.39. The summed E-state index contributed by atoms with van der Waals surface area (Å²) in [6.07, 6.45) is 0.491. The van der Waals surface area contributed by atoms with E-state index < -0.39 is 0 Å². The number of carbonyl (C=O) groups excluding carboxylic acids is 1. The third-order valence-electron chi connectivity index (χ3n) is 2.55. The summed E-state index contributed by atoms with van der Waals surface area (Å²) in [5, 5.41) is 2.86. The molecular formula is C12H17NO2. The number of benzene rings is 1. The molecule has 1 aromatic rings. The summed E-state index contributed by atoms with van der Waals surface area (Å²) in [4.78, 5) is 11.3. The van der Waals surface area contributed by atoms with Crippen molar-refractivity contribution in [1.29, 1.82) is 0 Å². The van der Waals surface area contributed by atoms with Crippen molar-refractivity contribution in [1.82, 2.24) is 0 Å². The van der Waals surface area contributed by atoms with E-state index in [2.05, 4.69) is 5.32 Å². The Labute approximate surface area is 90.4 Å². The average molecular weight is 207 g/mol. The molecule has 0 saturated carbocycles. The summed E-state index contributed by atoms with van der Waals surface area (Å²) >= 11 is 0. The minimum Gasteiger partial charge on any atom is -0.496 e. The number of methoxy groups -OCH3 is 1. The molecule has 3 nitrogen and oxygen atoms in total. The molecule has 0 unspecified atom stereocenters. The van der Waals surface area contributed by atoms with Crippen molar-refractivity contribution >= 4 is 11.6 Å². The molecule has 0 aliphatic rings. The third kappa shape index (κ3) is 2.49. The first kappa shape index (κ1) is 11.6.